The van der Waals surface area contributed by atoms with Gasteiger partial charge >= 0.3 is 22.4 Å². The van der Waals surface area contributed by atoms with E-state index >= 15 is 0 Å². The second-order valence-electron chi connectivity index (χ2n) is 8.14. The molecule has 0 radical (unpaired) electrons. The van der Waals surface area contributed by atoms with Gasteiger partial charge < -0.3 is 31.6 Å². The van der Waals surface area contributed by atoms with Crippen LogP contribution in [0.4, 0.5) is 0 Å². The monoisotopic (exact) mass is 604 g/mol. The third kappa shape index (κ3) is 7.88. The van der Waals surface area contributed by atoms with Gasteiger partial charge in [0.25, 0.3) is 0 Å². The number of allylic oxidation sites excluding steroid dienone is 1. The number of methoxy groups -OCH3 is 2. The molecule has 0 bridgehead atoms. The molecule has 0 heterocycles. The van der Waals surface area contributed by atoms with Crippen LogP contribution in [0.25, 0.3) is 6.08 Å². The summed E-state index contributed by atoms with van der Waals surface area (Å²) in [7, 11) is 3.27. The number of hydrogen-bond acceptors (Lipinski definition) is 5. The molecule has 0 amide bonds. The molecule has 0 saturated heterocycles. The average Bonchev–Trinajstić information content (AvgIpc) is 2.93. The van der Waals surface area contributed by atoms with Gasteiger partial charge in [0.2, 0.25) is 0 Å². The molecule has 0 N–H and O–H groups in total. The van der Waals surface area contributed by atoms with E-state index in [1.165, 1.54) is 0 Å². The summed E-state index contributed by atoms with van der Waals surface area (Å²) in [5.74, 6) is 2.82. The summed E-state index contributed by atoms with van der Waals surface area (Å²) >= 11 is 5.59. The van der Waals surface area contributed by atoms with Crippen LogP contribution in [0.3, 0.4) is 0 Å². The fraction of sp³-hybridized carbons (Fsp3) is 0.161. The summed E-state index contributed by atoms with van der Waals surface area (Å²) in [6, 6.07) is 29.9. The van der Waals surface area contributed by atoms with Gasteiger partial charge in [-0.2, -0.15) is 0 Å². The van der Waals surface area contributed by atoms with Crippen molar-refractivity contribution in [2.24, 2.45) is 0 Å². The van der Waals surface area contributed by atoms with Crippen LogP contribution < -0.4 is 18.9 Å². The predicted molar refractivity (Wildman–Crippen MR) is 146 cm³/mol. The van der Waals surface area contributed by atoms with E-state index in [9.17, 15) is 0 Å². The van der Waals surface area contributed by atoms with Crippen LogP contribution in [-0.4, -0.2) is 14.2 Å². The quantitative estimate of drug-likeness (QED) is 0.136. The number of hydrogen-bond donors (Lipinski definition) is 0. The Morgan fingerprint density at radius 3 is 1.78 bits per heavy atom. The van der Waals surface area contributed by atoms with Crippen LogP contribution in [0.15, 0.2) is 102 Å². The van der Waals surface area contributed by atoms with Crippen molar-refractivity contribution in [1.29, 1.82) is 0 Å². The van der Waals surface area contributed by atoms with E-state index in [0.29, 0.717) is 41.8 Å². The van der Waals surface area contributed by atoms with Gasteiger partial charge in [0.1, 0.15) is 19.0 Å². The summed E-state index contributed by atoms with van der Waals surface area (Å²) in [6.45, 7) is 0.922. The van der Waals surface area contributed by atoms with Crippen molar-refractivity contribution in [2.45, 2.75) is 24.5 Å². The Kier molecular flexibility index (Phi) is 11.1. The van der Waals surface area contributed by atoms with Crippen LogP contribution in [-0.2, 0) is 54.6 Å². The molecule has 37 heavy (non-hydrogen) atoms. The van der Waals surface area contributed by atoms with Crippen LogP contribution in [0.5, 0.6) is 23.0 Å². The average molecular weight is 606 g/mol. The molecule has 4 aromatic carbocycles. The fourth-order valence-electron chi connectivity index (χ4n) is 3.78. The second kappa shape index (κ2) is 14.5. The maximum atomic E-state index is 6.19. The molecule has 6 heteroatoms. The molecule has 4 aromatic rings. The molecule has 0 fully saturated rings. The molecule has 4 rings (SSSR count). The Balaban J connectivity index is 0.00000380. The number of rotatable bonds is 11. The van der Waals surface area contributed by atoms with Gasteiger partial charge in [-0.15, -0.1) is 4.90 Å². The second-order valence-corrected chi connectivity index (χ2v) is 8.55. The Morgan fingerprint density at radius 2 is 1.19 bits per heavy atom. The molecular formula is C31H29AgO4S. The zero-order valence-corrected chi connectivity index (χ0v) is 23.1. The van der Waals surface area contributed by atoms with Crippen molar-refractivity contribution in [2.75, 3.05) is 14.2 Å². The largest absolute Gasteiger partial charge is 1.00 e. The summed E-state index contributed by atoms with van der Waals surface area (Å²) in [6.07, 6.45) is 4.73. The first-order valence-corrected chi connectivity index (χ1v) is 12.1. The molecule has 0 spiro atoms. The smallest absolute Gasteiger partial charge is 0.776 e. The van der Waals surface area contributed by atoms with E-state index < -0.39 is 0 Å². The van der Waals surface area contributed by atoms with E-state index in [0.717, 1.165) is 28.0 Å². The van der Waals surface area contributed by atoms with Crippen molar-refractivity contribution >= 4 is 18.7 Å². The van der Waals surface area contributed by atoms with Crippen molar-refractivity contribution in [1.82, 2.24) is 0 Å². The minimum atomic E-state index is 0. The van der Waals surface area contributed by atoms with Crippen molar-refractivity contribution in [3.63, 3.8) is 0 Å². The van der Waals surface area contributed by atoms with Gasteiger partial charge in [-0.3, -0.25) is 0 Å². The number of benzene rings is 4. The van der Waals surface area contributed by atoms with Gasteiger partial charge in [-0.05, 0) is 52.9 Å². The van der Waals surface area contributed by atoms with E-state index in [-0.39, 0.29) is 22.4 Å². The topological polar surface area (TPSA) is 36.9 Å². The van der Waals surface area contributed by atoms with E-state index in [4.69, 9.17) is 31.6 Å². The fourth-order valence-corrected chi connectivity index (χ4v) is 4.11. The van der Waals surface area contributed by atoms with Crippen molar-refractivity contribution < 1.29 is 41.3 Å². The molecule has 0 saturated carbocycles. The summed E-state index contributed by atoms with van der Waals surface area (Å²) in [4.78, 5) is 0.665. The van der Waals surface area contributed by atoms with E-state index in [1.807, 2.05) is 97.1 Å². The van der Waals surface area contributed by atoms with Gasteiger partial charge in [0.05, 0.1) is 20.0 Å². The molecular weight excluding hydrogens is 576 g/mol. The Hall–Kier alpha value is -3.22. The van der Waals surface area contributed by atoms with Crippen LogP contribution in [0.1, 0.15) is 22.3 Å². The first-order valence-electron chi connectivity index (χ1n) is 11.7. The molecule has 0 aliphatic rings. The molecule has 4 nitrogen and oxygen atoms in total. The molecule has 0 aliphatic carbocycles. The Labute approximate surface area is 240 Å². The van der Waals surface area contributed by atoms with Crippen molar-refractivity contribution in [3.8, 4) is 23.0 Å². The molecule has 194 valence electrons. The Morgan fingerprint density at radius 1 is 0.649 bits per heavy atom. The predicted octanol–water partition coefficient (Wildman–Crippen LogP) is 7.02. The minimum absolute atomic E-state index is 0. The summed E-state index contributed by atoms with van der Waals surface area (Å²) in [5.41, 5.74) is 4.11. The maximum absolute atomic E-state index is 6.19. The summed E-state index contributed by atoms with van der Waals surface area (Å²) < 4.78 is 23.2. The van der Waals surface area contributed by atoms with Gasteiger partial charge in [0.15, 0.2) is 11.5 Å². The first kappa shape index (κ1) is 28.4. The summed E-state index contributed by atoms with van der Waals surface area (Å²) in [5, 5.41) is 0. The third-order valence-corrected chi connectivity index (χ3v) is 6.14. The molecule has 0 atom stereocenters. The van der Waals surface area contributed by atoms with Crippen LogP contribution in [0, 0.1) is 0 Å². The zero-order valence-electron chi connectivity index (χ0n) is 20.8. The molecule has 0 unspecified atom stereocenters. The molecule has 0 aliphatic heterocycles. The molecule has 0 aromatic heterocycles. The number of ether oxygens (including phenoxy) is 4. The van der Waals surface area contributed by atoms with Gasteiger partial charge in [-0.25, -0.2) is 0 Å². The zero-order chi connectivity index (χ0) is 25.2. The first-order chi connectivity index (χ1) is 17.7. The van der Waals surface area contributed by atoms with Crippen LogP contribution >= 0.6 is 0 Å². The third-order valence-electron chi connectivity index (χ3n) is 5.70. The standard InChI is InChI=1S/C31H30O4S.Ag/c1-32-27-18-19-29(33-2)31(36)26(27)15-9-14-23-16-17-28(34-21-24-10-5-3-6-11-24)30(20-23)35-22-25-12-7-4-8-13-25;/h3-14,16-20,36H,15,21-22H2,1-2H3;/q;+1/p-1/b14-9+;. The SMILES string of the molecule is COc1ccc(OC)c(C/C=C/c2ccc(OCc3ccccc3)c(OCc3ccccc3)c2)c1[S-].[Ag+]. The van der Waals surface area contributed by atoms with E-state index in [2.05, 4.69) is 6.08 Å². The van der Waals surface area contributed by atoms with Gasteiger partial charge in [0, 0.05) is 0 Å². The Bertz CT molecular complexity index is 1290. The van der Waals surface area contributed by atoms with E-state index in [1.54, 1.807) is 14.2 Å². The van der Waals surface area contributed by atoms with Crippen LogP contribution in [0.2, 0.25) is 0 Å². The van der Waals surface area contributed by atoms with Crippen molar-refractivity contribution in [3.05, 3.63) is 119 Å². The maximum Gasteiger partial charge on any atom is 1.00 e. The normalized spacial score (nSPS) is 10.5. The minimum Gasteiger partial charge on any atom is -0.776 e. The van der Waals surface area contributed by atoms with Gasteiger partial charge in [-0.1, -0.05) is 78.9 Å².